The quantitative estimate of drug-likeness (QED) is 0.405. The molecule has 0 radical (unpaired) electrons. The van der Waals surface area contributed by atoms with Gasteiger partial charge in [0.25, 0.3) is 0 Å². The van der Waals surface area contributed by atoms with Crippen LogP contribution in [0.5, 0.6) is 5.75 Å². The number of pyridine rings is 1. The molecule has 0 aliphatic heterocycles. The molecular formula is C28H30FNO3. The van der Waals surface area contributed by atoms with Crippen LogP contribution in [0.25, 0.3) is 0 Å². The topological polar surface area (TPSA) is 48.4 Å². The predicted octanol–water partition coefficient (Wildman–Crippen LogP) is 6.78. The van der Waals surface area contributed by atoms with Crippen LogP contribution < -0.4 is 4.74 Å². The zero-order valence-corrected chi connectivity index (χ0v) is 19.9. The van der Waals surface area contributed by atoms with Crippen LogP contribution in [0.4, 0.5) is 9.18 Å². The Morgan fingerprint density at radius 3 is 2.55 bits per heavy atom. The lowest BCUT2D eigenvalue weighted by atomic mass is 9.89. The average molecular weight is 448 g/mol. The molecule has 0 amide bonds. The van der Waals surface area contributed by atoms with E-state index in [1.54, 1.807) is 0 Å². The van der Waals surface area contributed by atoms with Crippen LogP contribution in [0.3, 0.4) is 0 Å². The van der Waals surface area contributed by atoms with Crippen LogP contribution in [0.1, 0.15) is 76.9 Å². The summed E-state index contributed by atoms with van der Waals surface area (Å²) in [6, 6.07) is 13.2. The van der Waals surface area contributed by atoms with Crippen molar-refractivity contribution in [3.8, 4) is 5.75 Å². The first-order valence-corrected chi connectivity index (χ1v) is 11.4. The van der Waals surface area contributed by atoms with Crippen molar-refractivity contribution in [3.05, 3.63) is 93.1 Å². The van der Waals surface area contributed by atoms with E-state index >= 15 is 0 Å². The lowest BCUT2D eigenvalue weighted by Gasteiger charge is -2.21. The van der Waals surface area contributed by atoms with E-state index in [1.807, 2.05) is 26.0 Å². The Bertz CT molecular complexity index is 1180. The van der Waals surface area contributed by atoms with Gasteiger partial charge in [-0.1, -0.05) is 44.2 Å². The SMILES string of the molecule is COC(=O)Oc1c(C)c(C)nc(C(C)C)c1Cc1cccc2c1CCC2c1ccc(F)cc1. The van der Waals surface area contributed by atoms with Gasteiger partial charge < -0.3 is 9.47 Å². The summed E-state index contributed by atoms with van der Waals surface area (Å²) in [6.07, 6.45) is 1.84. The summed E-state index contributed by atoms with van der Waals surface area (Å²) in [4.78, 5) is 16.9. The summed E-state index contributed by atoms with van der Waals surface area (Å²) in [5, 5.41) is 0. The second-order valence-corrected chi connectivity index (χ2v) is 9.03. The molecular weight excluding hydrogens is 417 g/mol. The Labute approximate surface area is 194 Å². The highest BCUT2D eigenvalue weighted by Gasteiger charge is 2.28. The number of rotatable bonds is 5. The van der Waals surface area contributed by atoms with Crippen molar-refractivity contribution >= 4 is 6.16 Å². The molecule has 0 saturated heterocycles. The van der Waals surface area contributed by atoms with Gasteiger partial charge in [-0.3, -0.25) is 4.98 Å². The van der Waals surface area contributed by atoms with Crippen LogP contribution in [-0.2, 0) is 17.6 Å². The average Bonchev–Trinajstić information content (AvgIpc) is 3.23. The Hall–Kier alpha value is -3.21. The second-order valence-electron chi connectivity index (χ2n) is 9.03. The molecule has 1 heterocycles. The molecule has 3 aromatic rings. The van der Waals surface area contributed by atoms with E-state index in [1.165, 1.54) is 35.9 Å². The van der Waals surface area contributed by atoms with Gasteiger partial charge in [-0.15, -0.1) is 0 Å². The van der Waals surface area contributed by atoms with Crippen molar-refractivity contribution in [2.24, 2.45) is 0 Å². The standard InChI is InChI=1S/C28H30FNO3/c1-16(2)26-25(27(33-28(31)32-5)17(3)18(4)30-26)15-20-7-6-8-24-22(13-14-23(20)24)19-9-11-21(29)12-10-19/h6-12,16,22H,13-15H2,1-5H3. The lowest BCUT2D eigenvalue weighted by Crippen LogP contribution is -2.14. The number of methoxy groups -OCH3 is 1. The number of ether oxygens (including phenoxy) is 2. The number of benzene rings is 2. The van der Waals surface area contributed by atoms with E-state index in [4.69, 9.17) is 14.5 Å². The van der Waals surface area contributed by atoms with E-state index in [0.717, 1.165) is 40.9 Å². The fourth-order valence-electron chi connectivity index (χ4n) is 4.88. The molecule has 1 aliphatic carbocycles. The number of nitrogens with zero attached hydrogens (tertiary/aromatic N) is 1. The van der Waals surface area contributed by atoms with E-state index < -0.39 is 6.16 Å². The number of hydrogen-bond acceptors (Lipinski definition) is 4. The van der Waals surface area contributed by atoms with Crippen LogP contribution in [0.15, 0.2) is 42.5 Å². The first kappa shape index (κ1) is 23.0. The van der Waals surface area contributed by atoms with E-state index in [0.29, 0.717) is 12.2 Å². The van der Waals surface area contributed by atoms with Crippen LogP contribution in [0.2, 0.25) is 0 Å². The van der Waals surface area contributed by atoms with E-state index in [9.17, 15) is 9.18 Å². The first-order valence-electron chi connectivity index (χ1n) is 11.4. The van der Waals surface area contributed by atoms with Crippen molar-refractivity contribution in [2.45, 2.75) is 58.8 Å². The Morgan fingerprint density at radius 1 is 1.15 bits per heavy atom. The van der Waals surface area contributed by atoms with Crippen molar-refractivity contribution < 1.29 is 18.7 Å². The number of hydrogen-bond donors (Lipinski definition) is 0. The molecule has 1 aromatic heterocycles. The van der Waals surface area contributed by atoms with E-state index in [2.05, 4.69) is 32.0 Å². The zero-order valence-electron chi connectivity index (χ0n) is 19.9. The maximum Gasteiger partial charge on any atom is 0.513 e. The fourth-order valence-corrected chi connectivity index (χ4v) is 4.88. The Balaban J connectivity index is 1.78. The summed E-state index contributed by atoms with van der Waals surface area (Å²) in [7, 11) is 1.31. The molecule has 5 heteroatoms. The van der Waals surface area contributed by atoms with Gasteiger partial charge in [0.1, 0.15) is 11.6 Å². The maximum atomic E-state index is 13.4. The van der Waals surface area contributed by atoms with Gasteiger partial charge in [0.05, 0.1) is 12.8 Å². The Kier molecular flexibility index (Phi) is 6.50. The van der Waals surface area contributed by atoms with Crippen molar-refractivity contribution in [2.75, 3.05) is 7.11 Å². The highest BCUT2D eigenvalue weighted by atomic mass is 19.1. The number of carbonyl (C=O) groups is 1. The maximum absolute atomic E-state index is 13.4. The van der Waals surface area contributed by atoms with Gasteiger partial charge in [0.15, 0.2) is 0 Å². The highest BCUT2D eigenvalue weighted by molar-refractivity contribution is 5.66. The fraction of sp³-hybridized carbons (Fsp3) is 0.357. The molecule has 0 saturated carbocycles. The number of halogens is 1. The molecule has 1 unspecified atom stereocenters. The number of fused-ring (bicyclic) bond motifs is 1. The van der Waals surface area contributed by atoms with Gasteiger partial charge in [-0.2, -0.15) is 0 Å². The minimum atomic E-state index is -0.727. The van der Waals surface area contributed by atoms with E-state index in [-0.39, 0.29) is 17.7 Å². The molecule has 33 heavy (non-hydrogen) atoms. The van der Waals surface area contributed by atoms with Crippen molar-refractivity contribution in [3.63, 3.8) is 0 Å². The summed E-state index contributed by atoms with van der Waals surface area (Å²) < 4.78 is 23.9. The minimum absolute atomic E-state index is 0.169. The van der Waals surface area contributed by atoms with Crippen LogP contribution in [-0.4, -0.2) is 18.2 Å². The monoisotopic (exact) mass is 447 g/mol. The first-order chi connectivity index (χ1) is 15.8. The largest absolute Gasteiger partial charge is 0.513 e. The highest BCUT2D eigenvalue weighted by Crippen LogP contribution is 2.41. The third kappa shape index (κ3) is 4.50. The molecule has 0 bridgehead atoms. The molecule has 1 atom stereocenters. The lowest BCUT2D eigenvalue weighted by molar-refractivity contribution is 0.120. The van der Waals surface area contributed by atoms with Gasteiger partial charge in [0, 0.05) is 29.2 Å². The summed E-state index contributed by atoms with van der Waals surface area (Å²) in [5.74, 6) is 0.757. The van der Waals surface area contributed by atoms with Gasteiger partial charge in [-0.25, -0.2) is 9.18 Å². The third-order valence-corrected chi connectivity index (χ3v) is 6.66. The molecule has 0 fully saturated rings. The Morgan fingerprint density at radius 2 is 1.88 bits per heavy atom. The summed E-state index contributed by atoms with van der Waals surface area (Å²) in [5.41, 5.74) is 8.50. The van der Waals surface area contributed by atoms with Gasteiger partial charge in [-0.05, 0) is 67.0 Å². The zero-order chi connectivity index (χ0) is 23.7. The molecule has 4 rings (SSSR count). The second kappa shape index (κ2) is 9.34. The molecule has 2 aromatic carbocycles. The van der Waals surface area contributed by atoms with Gasteiger partial charge in [0.2, 0.25) is 0 Å². The smallest absolute Gasteiger partial charge is 0.437 e. The van der Waals surface area contributed by atoms with Gasteiger partial charge >= 0.3 is 6.16 Å². The predicted molar refractivity (Wildman–Crippen MR) is 127 cm³/mol. The third-order valence-electron chi connectivity index (χ3n) is 6.66. The van der Waals surface area contributed by atoms with Crippen LogP contribution >= 0.6 is 0 Å². The molecule has 4 nitrogen and oxygen atoms in total. The number of aryl methyl sites for hydroxylation is 1. The van der Waals surface area contributed by atoms with Crippen molar-refractivity contribution in [1.82, 2.24) is 4.98 Å². The summed E-state index contributed by atoms with van der Waals surface area (Å²) in [6.45, 7) is 8.06. The molecule has 0 N–H and O–H groups in total. The summed E-state index contributed by atoms with van der Waals surface area (Å²) >= 11 is 0. The molecule has 0 spiro atoms. The number of carbonyl (C=O) groups excluding carboxylic acids is 1. The minimum Gasteiger partial charge on any atom is -0.437 e. The molecule has 1 aliphatic rings. The number of aromatic nitrogens is 1. The van der Waals surface area contributed by atoms with Crippen LogP contribution in [0, 0.1) is 19.7 Å². The van der Waals surface area contributed by atoms with Crippen molar-refractivity contribution in [1.29, 1.82) is 0 Å². The normalized spacial score (nSPS) is 14.9. The molecule has 172 valence electrons.